The third-order valence-corrected chi connectivity index (χ3v) is 4.76. The number of carbonyl (C=O) groups is 2. The Morgan fingerprint density at radius 2 is 1.96 bits per heavy atom. The lowest BCUT2D eigenvalue weighted by atomic mass is 9.90. The standard InChI is InChI=1S/C17H25F3N2O2/c1-2-21(12-17(18,19)20)16(24)14-9-6-10-22(11-14)15(23)13-7-4-3-5-8-13/h3-4,13-14H,2,5-12H2,1H3/t13-,14-/m1/s1. The van der Waals surface area contributed by atoms with Gasteiger partial charge in [-0.2, -0.15) is 13.2 Å². The van der Waals surface area contributed by atoms with Crippen molar-refractivity contribution in [2.75, 3.05) is 26.2 Å². The zero-order valence-electron chi connectivity index (χ0n) is 14.0. The highest BCUT2D eigenvalue weighted by Crippen LogP contribution is 2.26. The summed E-state index contributed by atoms with van der Waals surface area (Å²) in [4.78, 5) is 27.5. The highest BCUT2D eigenvalue weighted by molar-refractivity contribution is 5.82. The smallest absolute Gasteiger partial charge is 0.342 e. The van der Waals surface area contributed by atoms with E-state index in [-0.39, 0.29) is 24.9 Å². The summed E-state index contributed by atoms with van der Waals surface area (Å²) in [5, 5.41) is 0. The molecule has 1 aliphatic carbocycles. The van der Waals surface area contributed by atoms with E-state index in [2.05, 4.69) is 6.08 Å². The summed E-state index contributed by atoms with van der Waals surface area (Å²) in [6, 6.07) is 0. The average molecular weight is 346 g/mol. The molecule has 136 valence electrons. The van der Waals surface area contributed by atoms with Gasteiger partial charge in [0.25, 0.3) is 0 Å². The van der Waals surface area contributed by atoms with Crippen LogP contribution in [0.1, 0.15) is 39.0 Å². The SMILES string of the molecule is CCN(CC(F)(F)F)C(=O)[C@@H]1CCCN(C(=O)[C@@H]2CC=CCC2)C1. The number of alkyl halides is 3. The van der Waals surface area contributed by atoms with Crippen LogP contribution in [0.25, 0.3) is 0 Å². The first-order valence-electron chi connectivity index (χ1n) is 8.61. The fraction of sp³-hybridized carbons (Fsp3) is 0.765. The lowest BCUT2D eigenvalue weighted by Crippen LogP contribution is -2.49. The molecule has 2 aliphatic rings. The molecule has 2 rings (SSSR count). The average Bonchev–Trinajstić information content (AvgIpc) is 2.58. The fourth-order valence-electron chi connectivity index (χ4n) is 3.48. The number of amides is 2. The Labute approximate surface area is 140 Å². The molecule has 0 aromatic rings. The lowest BCUT2D eigenvalue weighted by molar-refractivity contribution is -0.165. The second-order valence-corrected chi connectivity index (χ2v) is 6.57. The van der Waals surface area contributed by atoms with Gasteiger partial charge in [-0.05, 0) is 39.0 Å². The maximum atomic E-state index is 12.6. The molecular formula is C17H25F3N2O2. The predicted octanol–water partition coefficient (Wildman–Crippen LogP) is 2.99. The molecule has 24 heavy (non-hydrogen) atoms. The number of carbonyl (C=O) groups excluding carboxylic acids is 2. The first-order chi connectivity index (χ1) is 11.3. The van der Waals surface area contributed by atoms with Gasteiger partial charge < -0.3 is 9.80 Å². The van der Waals surface area contributed by atoms with E-state index in [1.165, 1.54) is 0 Å². The van der Waals surface area contributed by atoms with E-state index < -0.39 is 24.5 Å². The van der Waals surface area contributed by atoms with Crippen molar-refractivity contribution >= 4 is 11.8 Å². The van der Waals surface area contributed by atoms with Crippen molar-refractivity contribution in [1.29, 1.82) is 0 Å². The number of piperidine rings is 1. The molecule has 0 bridgehead atoms. The predicted molar refractivity (Wildman–Crippen MR) is 84.1 cm³/mol. The monoisotopic (exact) mass is 346 g/mol. The summed E-state index contributed by atoms with van der Waals surface area (Å²) in [6.07, 6.45) is 3.26. The Morgan fingerprint density at radius 3 is 2.54 bits per heavy atom. The van der Waals surface area contributed by atoms with E-state index in [0.717, 1.165) is 17.7 Å². The maximum absolute atomic E-state index is 12.6. The summed E-state index contributed by atoms with van der Waals surface area (Å²) >= 11 is 0. The minimum atomic E-state index is -4.40. The summed E-state index contributed by atoms with van der Waals surface area (Å²) in [5.41, 5.74) is 0. The first-order valence-corrected chi connectivity index (χ1v) is 8.61. The summed E-state index contributed by atoms with van der Waals surface area (Å²) < 4.78 is 37.8. The van der Waals surface area contributed by atoms with Crippen molar-refractivity contribution in [3.05, 3.63) is 12.2 Å². The van der Waals surface area contributed by atoms with E-state index >= 15 is 0 Å². The van der Waals surface area contributed by atoms with E-state index in [4.69, 9.17) is 0 Å². The molecule has 1 heterocycles. The Balaban J connectivity index is 1.97. The number of likely N-dealkylation sites (tertiary alicyclic amines) is 1. The second-order valence-electron chi connectivity index (χ2n) is 6.57. The van der Waals surface area contributed by atoms with Crippen molar-refractivity contribution in [3.63, 3.8) is 0 Å². The Hall–Kier alpha value is -1.53. The van der Waals surface area contributed by atoms with Gasteiger partial charge in [-0.25, -0.2) is 0 Å². The van der Waals surface area contributed by atoms with Crippen LogP contribution in [-0.2, 0) is 9.59 Å². The second kappa shape index (κ2) is 8.03. The molecule has 4 nitrogen and oxygen atoms in total. The Bertz CT molecular complexity index is 491. The highest BCUT2D eigenvalue weighted by Gasteiger charge is 2.37. The maximum Gasteiger partial charge on any atom is 0.406 e. The largest absolute Gasteiger partial charge is 0.406 e. The molecule has 1 fully saturated rings. The van der Waals surface area contributed by atoms with Gasteiger partial charge in [0, 0.05) is 25.6 Å². The minimum absolute atomic E-state index is 0.0240. The van der Waals surface area contributed by atoms with Gasteiger partial charge >= 0.3 is 6.18 Å². The molecule has 0 aromatic carbocycles. The molecular weight excluding hydrogens is 321 g/mol. The van der Waals surface area contributed by atoms with E-state index in [1.54, 1.807) is 11.8 Å². The molecule has 1 aliphatic heterocycles. The van der Waals surface area contributed by atoms with Crippen LogP contribution in [0.3, 0.4) is 0 Å². The van der Waals surface area contributed by atoms with Gasteiger partial charge in [0.1, 0.15) is 6.54 Å². The van der Waals surface area contributed by atoms with Crippen molar-refractivity contribution in [1.82, 2.24) is 9.80 Å². The normalized spacial score (nSPS) is 24.8. The van der Waals surface area contributed by atoms with Gasteiger partial charge in [-0.1, -0.05) is 12.2 Å². The number of nitrogens with zero attached hydrogens (tertiary/aromatic N) is 2. The number of hydrogen-bond donors (Lipinski definition) is 0. The first kappa shape index (κ1) is 18.8. The van der Waals surface area contributed by atoms with Gasteiger partial charge in [-0.3, -0.25) is 9.59 Å². The molecule has 2 atom stereocenters. The minimum Gasteiger partial charge on any atom is -0.342 e. The molecule has 0 radical (unpaired) electrons. The van der Waals surface area contributed by atoms with Crippen LogP contribution in [0.2, 0.25) is 0 Å². The molecule has 1 saturated heterocycles. The van der Waals surface area contributed by atoms with Crippen LogP contribution >= 0.6 is 0 Å². The van der Waals surface area contributed by atoms with E-state index in [9.17, 15) is 22.8 Å². The van der Waals surface area contributed by atoms with Crippen LogP contribution in [0.5, 0.6) is 0 Å². The van der Waals surface area contributed by atoms with Crippen LogP contribution in [0.15, 0.2) is 12.2 Å². The zero-order valence-corrected chi connectivity index (χ0v) is 14.0. The van der Waals surface area contributed by atoms with Gasteiger partial charge in [0.2, 0.25) is 11.8 Å². The Kier molecular flexibility index (Phi) is 6.29. The summed E-state index contributed by atoms with van der Waals surface area (Å²) in [7, 11) is 0. The van der Waals surface area contributed by atoms with Crippen molar-refractivity contribution in [3.8, 4) is 0 Å². The van der Waals surface area contributed by atoms with Crippen molar-refractivity contribution < 1.29 is 22.8 Å². The molecule has 0 aromatic heterocycles. The molecule has 0 saturated carbocycles. The van der Waals surface area contributed by atoms with Gasteiger partial charge in [0.15, 0.2) is 0 Å². The zero-order chi connectivity index (χ0) is 17.7. The van der Waals surface area contributed by atoms with Crippen molar-refractivity contribution in [2.45, 2.75) is 45.2 Å². The lowest BCUT2D eigenvalue weighted by Gasteiger charge is -2.36. The number of allylic oxidation sites excluding steroid dienone is 2. The summed E-state index contributed by atoms with van der Waals surface area (Å²) in [6.45, 7) is 1.18. The number of rotatable bonds is 4. The quantitative estimate of drug-likeness (QED) is 0.734. The van der Waals surface area contributed by atoms with Crippen molar-refractivity contribution in [2.24, 2.45) is 11.8 Å². The Morgan fingerprint density at radius 1 is 1.21 bits per heavy atom. The van der Waals surface area contributed by atoms with E-state index in [0.29, 0.717) is 25.8 Å². The summed E-state index contributed by atoms with van der Waals surface area (Å²) in [5.74, 6) is -1.03. The molecule has 0 unspecified atom stereocenters. The number of halogens is 3. The topological polar surface area (TPSA) is 40.6 Å². The molecule has 0 N–H and O–H groups in total. The van der Waals surface area contributed by atoms with Crippen LogP contribution in [-0.4, -0.2) is 54.0 Å². The number of hydrogen-bond acceptors (Lipinski definition) is 2. The van der Waals surface area contributed by atoms with Gasteiger partial charge in [0.05, 0.1) is 5.92 Å². The molecule has 7 heteroatoms. The van der Waals surface area contributed by atoms with Crippen LogP contribution < -0.4 is 0 Å². The third-order valence-electron chi connectivity index (χ3n) is 4.76. The third kappa shape index (κ3) is 4.98. The van der Waals surface area contributed by atoms with Crippen LogP contribution in [0, 0.1) is 11.8 Å². The molecule has 2 amide bonds. The van der Waals surface area contributed by atoms with E-state index in [1.807, 2.05) is 6.08 Å². The fourth-order valence-corrected chi connectivity index (χ4v) is 3.48. The van der Waals surface area contributed by atoms with Gasteiger partial charge in [-0.15, -0.1) is 0 Å². The molecule has 0 spiro atoms. The van der Waals surface area contributed by atoms with Crippen LogP contribution in [0.4, 0.5) is 13.2 Å². The highest BCUT2D eigenvalue weighted by atomic mass is 19.4.